The second kappa shape index (κ2) is 7.81. The number of aromatic nitrogens is 2. The van der Waals surface area contributed by atoms with Crippen molar-refractivity contribution in [1.29, 1.82) is 0 Å². The van der Waals surface area contributed by atoms with E-state index in [-0.39, 0.29) is 24.3 Å². The summed E-state index contributed by atoms with van der Waals surface area (Å²) in [5.41, 5.74) is 0. The van der Waals surface area contributed by atoms with Crippen LogP contribution in [0.3, 0.4) is 0 Å². The van der Waals surface area contributed by atoms with Gasteiger partial charge in [0.2, 0.25) is 11.8 Å². The molecule has 1 fully saturated rings. The number of rotatable bonds is 5. The highest BCUT2D eigenvalue weighted by Crippen LogP contribution is 2.30. The molecule has 24 heavy (non-hydrogen) atoms. The molecular weight excluding hydrogens is 304 g/mol. The Labute approximate surface area is 143 Å². The van der Waals surface area contributed by atoms with Crippen LogP contribution in [0.15, 0.2) is 6.20 Å². The van der Waals surface area contributed by atoms with Gasteiger partial charge in [-0.2, -0.15) is 0 Å². The van der Waals surface area contributed by atoms with Gasteiger partial charge in [0.25, 0.3) is 0 Å². The zero-order valence-corrected chi connectivity index (χ0v) is 14.5. The average Bonchev–Trinajstić information content (AvgIpc) is 3.03. The summed E-state index contributed by atoms with van der Waals surface area (Å²) in [6.07, 6.45) is 10.3. The zero-order valence-electron chi connectivity index (χ0n) is 14.5. The SMILES string of the molecule is CCC1CCC(C(=O)NCC(=O)Nc2cnc3n2CCCC3)CC1. The first-order chi connectivity index (χ1) is 11.7. The monoisotopic (exact) mass is 332 g/mol. The highest BCUT2D eigenvalue weighted by molar-refractivity contribution is 5.94. The molecule has 2 N–H and O–H groups in total. The second-order valence-electron chi connectivity index (χ2n) is 7.06. The van der Waals surface area contributed by atoms with Gasteiger partial charge in [-0.25, -0.2) is 4.98 Å². The summed E-state index contributed by atoms with van der Waals surface area (Å²) >= 11 is 0. The molecule has 1 aromatic heterocycles. The molecule has 1 aliphatic carbocycles. The zero-order chi connectivity index (χ0) is 16.9. The van der Waals surface area contributed by atoms with Crippen LogP contribution in [0.4, 0.5) is 5.82 Å². The topological polar surface area (TPSA) is 76.0 Å². The second-order valence-corrected chi connectivity index (χ2v) is 7.06. The van der Waals surface area contributed by atoms with Gasteiger partial charge in [0.1, 0.15) is 11.6 Å². The number of aryl methyl sites for hydroxylation is 1. The number of imidazole rings is 1. The Balaban J connectivity index is 1.44. The number of carbonyl (C=O) groups excluding carboxylic acids is 2. The summed E-state index contributed by atoms with van der Waals surface area (Å²) in [5.74, 6) is 2.46. The van der Waals surface area contributed by atoms with Crippen LogP contribution in [0.25, 0.3) is 0 Å². The van der Waals surface area contributed by atoms with Gasteiger partial charge in [0.05, 0.1) is 12.7 Å². The number of fused-ring (bicyclic) bond motifs is 1. The van der Waals surface area contributed by atoms with Crippen molar-refractivity contribution in [3.63, 3.8) is 0 Å². The van der Waals surface area contributed by atoms with Crippen molar-refractivity contribution in [2.45, 2.75) is 64.8 Å². The molecule has 0 saturated heterocycles. The van der Waals surface area contributed by atoms with Crippen LogP contribution in [0.2, 0.25) is 0 Å². The summed E-state index contributed by atoms with van der Waals surface area (Å²) < 4.78 is 2.06. The molecule has 132 valence electrons. The summed E-state index contributed by atoms with van der Waals surface area (Å²) in [5, 5.41) is 5.67. The maximum absolute atomic E-state index is 12.2. The lowest BCUT2D eigenvalue weighted by Crippen LogP contribution is -2.38. The number of hydrogen-bond acceptors (Lipinski definition) is 3. The molecule has 1 aromatic rings. The summed E-state index contributed by atoms with van der Waals surface area (Å²) in [4.78, 5) is 28.7. The summed E-state index contributed by atoms with van der Waals surface area (Å²) in [6, 6.07) is 0. The number of amides is 2. The first-order valence-corrected chi connectivity index (χ1v) is 9.29. The molecule has 0 bridgehead atoms. The third-order valence-corrected chi connectivity index (χ3v) is 5.46. The Bertz CT molecular complexity index is 588. The van der Waals surface area contributed by atoms with E-state index < -0.39 is 0 Å². The Kier molecular flexibility index (Phi) is 5.53. The molecule has 2 amide bonds. The summed E-state index contributed by atoms with van der Waals surface area (Å²) in [7, 11) is 0. The van der Waals surface area contributed by atoms with E-state index in [0.29, 0.717) is 0 Å². The van der Waals surface area contributed by atoms with E-state index in [0.717, 1.165) is 69.1 Å². The largest absolute Gasteiger partial charge is 0.347 e. The van der Waals surface area contributed by atoms with Gasteiger partial charge < -0.3 is 15.2 Å². The standard InChI is InChI=1S/C18H28N4O2/c1-2-13-6-8-14(9-7-13)18(24)20-12-17(23)21-16-11-19-15-5-3-4-10-22(15)16/h11,13-14H,2-10,12H2,1H3,(H,20,24)(H,21,23). The smallest absolute Gasteiger partial charge is 0.244 e. The Morgan fingerprint density at radius 1 is 1.25 bits per heavy atom. The van der Waals surface area contributed by atoms with E-state index in [1.807, 2.05) is 0 Å². The highest BCUT2D eigenvalue weighted by Gasteiger charge is 2.25. The first kappa shape index (κ1) is 17.0. The lowest BCUT2D eigenvalue weighted by Gasteiger charge is -2.26. The highest BCUT2D eigenvalue weighted by atomic mass is 16.2. The fraction of sp³-hybridized carbons (Fsp3) is 0.722. The molecule has 1 saturated carbocycles. The van der Waals surface area contributed by atoms with Gasteiger partial charge in [0, 0.05) is 18.9 Å². The number of carbonyl (C=O) groups is 2. The number of nitrogens with one attached hydrogen (secondary N) is 2. The van der Waals surface area contributed by atoms with E-state index in [9.17, 15) is 9.59 Å². The average molecular weight is 332 g/mol. The first-order valence-electron chi connectivity index (χ1n) is 9.29. The predicted molar refractivity (Wildman–Crippen MR) is 92.5 cm³/mol. The third kappa shape index (κ3) is 3.97. The molecule has 2 heterocycles. The van der Waals surface area contributed by atoms with Crippen molar-refractivity contribution < 1.29 is 9.59 Å². The van der Waals surface area contributed by atoms with E-state index in [2.05, 4.69) is 27.1 Å². The van der Waals surface area contributed by atoms with Gasteiger partial charge in [0.15, 0.2) is 0 Å². The quantitative estimate of drug-likeness (QED) is 0.870. The van der Waals surface area contributed by atoms with Gasteiger partial charge in [-0.3, -0.25) is 9.59 Å². The normalized spacial score (nSPS) is 23.4. The molecule has 3 rings (SSSR count). The maximum atomic E-state index is 12.2. The van der Waals surface area contributed by atoms with Crippen LogP contribution in [-0.2, 0) is 22.6 Å². The molecule has 0 aromatic carbocycles. The molecule has 0 radical (unpaired) electrons. The van der Waals surface area contributed by atoms with E-state index in [4.69, 9.17) is 0 Å². The minimum absolute atomic E-state index is 0.0232. The van der Waals surface area contributed by atoms with Gasteiger partial charge >= 0.3 is 0 Å². The Morgan fingerprint density at radius 3 is 2.79 bits per heavy atom. The van der Waals surface area contributed by atoms with Crippen molar-refractivity contribution in [3.05, 3.63) is 12.0 Å². The molecule has 1 aliphatic heterocycles. The van der Waals surface area contributed by atoms with E-state index >= 15 is 0 Å². The molecule has 6 heteroatoms. The predicted octanol–water partition coefficient (Wildman–Crippen LogP) is 2.49. The minimum atomic E-state index is -0.182. The molecule has 0 spiro atoms. The Morgan fingerprint density at radius 2 is 2.04 bits per heavy atom. The van der Waals surface area contributed by atoms with Crippen LogP contribution in [0.1, 0.15) is 57.7 Å². The van der Waals surface area contributed by atoms with Crippen LogP contribution < -0.4 is 10.6 Å². The van der Waals surface area contributed by atoms with E-state index in [1.165, 1.54) is 6.42 Å². The van der Waals surface area contributed by atoms with Crippen molar-refractivity contribution in [3.8, 4) is 0 Å². The molecule has 2 aliphatic rings. The molecule has 0 atom stereocenters. The number of nitrogens with zero attached hydrogens (tertiary/aromatic N) is 2. The molecule has 0 unspecified atom stereocenters. The van der Waals surface area contributed by atoms with Crippen LogP contribution >= 0.6 is 0 Å². The number of hydrogen-bond donors (Lipinski definition) is 2. The van der Waals surface area contributed by atoms with Crippen LogP contribution in [0, 0.1) is 11.8 Å². The molecular formula is C18H28N4O2. The number of anilines is 1. The minimum Gasteiger partial charge on any atom is -0.347 e. The lowest BCUT2D eigenvalue weighted by molar-refractivity contribution is -0.128. The lowest BCUT2D eigenvalue weighted by atomic mass is 9.80. The van der Waals surface area contributed by atoms with E-state index in [1.54, 1.807) is 6.20 Å². The van der Waals surface area contributed by atoms with Crippen LogP contribution in [0.5, 0.6) is 0 Å². The van der Waals surface area contributed by atoms with Crippen molar-refractivity contribution in [1.82, 2.24) is 14.9 Å². The van der Waals surface area contributed by atoms with Gasteiger partial charge in [-0.1, -0.05) is 13.3 Å². The van der Waals surface area contributed by atoms with Crippen LogP contribution in [-0.4, -0.2) is 27.9 Å². The third-order valence-electron chi connectivity index (χ3n) is 5.46. The molecule has 6 nitrogen and oxygen atoms in total. The maximum Gasteiger partial charge on any atom is 0.244 e. The van der Waals surface area contributed by atoms with Crippen molar-refractivity contribution in [2.24, 2.45) is 11.8 Å². The fourth-order valence-corrected chi connectivity index (χ4v) is 3.85. The summed E-state index contributed by atoms with van der Waals surface area (Å²) in [6.45, 7) is 3.15. The van der Waals surface area contributed by atoms with Crippen molar-refractivity contribution in [2.75, 3.05) is 11.9 Å². The van der Waals surface area contributed by atoms with Gasteiger partial charge in [-0.05, 0) is 44.4 Å². The Hall–Kier alpha value is -1.85. The van der Waals surface area contributed by atoms with Gasteiger partial charge in [-0.15, -0.1) is 0 Å². The van der Waals surface area contributed by atoms with Crippen molar-refractivity contribution >= 4 is 17.6 Å². The fourth-order valence-electron chi connectivity index (χ4n) is 3.85.